The van der Waals surface area contributed by atoms with Gasteiger partial charge in [0, 0.05) is 12.6 Å². The fourth-order valence-corrected chi connectivity index (χ4v) is 3.34. The molecule has 0 amide bonds. The first-order chi connectivity index (χ1) is 8.58. The highest BCUT2D eigenvalue weighted by atomic mass is 16.4. The molecule has 19 heavy (non-hydrogen) atoms. The van der Waals surface area contributed by atoms with E-state index in [1.807, 2.05) is 0 Å². The van der Waals surface area contributed by atoms with Crippen molar-refractivity contribution in [3.8, 4) is 0 Å². The fraction of sp³-hybridized carbons (Fsp3) is 0.938. The Morgan fingerprint density at radius 1 is 1.47 bits per heavy atom. The van der Waals surface area contributed by atoms with E-state index in [-0.39, 0.29) is 5.41 Å². The molecule has 3 atom stereocenters. The average molecular weight is 269 g/mol. The van der Waals surface area contributed by atoms with Gasteiger partial charge in [-0.25, -0.2) is 0 Å². The lowest BCUT2D eigenvalue weighted by atomic mass is 9.69. The largest absolute Gasteiger partial charge is 0.481 e. The van der Waals surface area contributed by atoms with Gasteiger partial charge in [0.05, 0.1) is 5.41 Å². The quantitative estimate of drug-likeness (QED) is 0.847. The molecule has 0 aliphatic heterocycles. The number of aliphatic carboxylic acids is 1. The van der Waals surface area contributed by atoms with Gasteiger partial charge >= 0.3 is 5.97 Å². The summed E-state index contributed by atoms with van der Waals surface area (Å²) in [5.41, 5.74) is -0.360. The second-order valence-corrected chi connectivity index (χ2v) is 7.74. The Morgan fingerprint density at radius 2 is 2.05 bits per heavy atom. The molecule has 3 unspecified atom stereocenters. The number of rotatable bonds is 4. The summed E-state index contributed by atoms with van der Waals surface area (Å²) in [6.07, 6.45) is 3.87. The number of hydrogen-bond acceptors (Lipinski definition) is 2. The normalized spacial score (nSPS) is 30.4. The minimum absolute atomic E-state index is 0.175. The van der Waals surface area contributed by atoms with Gasteiger partial charge in [-0.15, -0.1) is 0 Å². The molecule has 3 nitrogen and oxygen atoms in total. The van der Waals surface area contributed by atoms with Gasteiger partial charge in [-0.2, -0.15) is 0 Å². The van der Waals surface area contributed by atoms with Crippen molar-refractivity contribution in [2.75, 3.05) is 13.6 Å². The van der Waals surface area contributed by atoms with Gasteiger partial charge in [-0.1, -0.05) is 40.5 Å². The number of carboxylic acid groups (broad SMARTS) is 1. The van der Waals surface area contributed by atoms with E-state index < -0.39 is 11.4 Å². The molecule has 1 aliphatic carbocycles. The van der Waals surface area contributed by atoms with Crippen LogP contribution >= 0.6 is 0 Å². The zero-order valence-electron chi connectivity index (χ0n) is 13.5. The van der Waals surface area contributed by atoms with Crippen molar-refractivity contribution in [3.63, 3.8) is 0 Å². The van der Waals surface area contributed by atoms with Crippen LogP contribution in [-0.4, -0.2) is 35.6 Å². The third-order valence-electron chi connectivity index (χ3n) is 5.01. The summed E-state index contributed by atoms with van der Waals surface area (Å²) in [6.45, 7) is 11.7. The third-order valence-corrected chi connectivity index (χ3v) is 5.01. The molecule has 1 aliphatic rings. The van der Waals surface area contributed by atoms with Crippen LogP contribution in [0.4, 0.5) is 0 Å². The van der Waals surface area contributed by atoms with Crippen LogP contribution in [-0.2, 0) is 4.79 Å². The molecule has 0 saturated heterocycles. The van der Waals surface area contributed by atoms with Crippen LogP contribution in [0.1, 0.15) is 60.3 Å². The highest BCUT2D eigenvalue weighted by Crippen LogP contribution is 2.41. The smallest absolute Gasteiger partial charge is 0.310 e. The topological polar surface area (TPSA) is 40.5 Å². The molecule has 112 valence electrons. The highest BCUT2D eigenvalue weighted by Gasteiger charge is 2.43. The minimum atomic E-state index is -0.605. The van der Waals surface area contributed by atoms with Gasteiger partial charge in [0.15, 0.2) is 0 Å². The van der Waals surface area contributed by atoms with Crippen molar-refractivity contribution >= 4 is 5.97 Å². The summed E-state index contributed by atoms with van der Waals surface area (Å²) < 4.78 is 0. The third kappa shape index (κ3) is 3.95. The maximum atomic E-state index is 11.8. The van der Waals surface area contributed by atoms with Gasteiger partial charge < -0.3 is 10.0 Å². The van der Waals surface area contributed by atoms with Crippen LogP contribution in [0.5, 0.6) is 0 Å². The monoisotopic (exact) mass is 269 g/mol. The van der Waals surface area contributed by atoms with Crippen LogP contribution in [0.3, 0.4) is 0 Å². The molecule has 1 fully saturated rings. The van der Waals surface area contributed by atoms with E-state index in [1.54, 1.807) is 0 Å². The number of hydrogen-bond donors (Lipinski definition) is 1. The summed E-state index contributed by atoms with van der Waals surface area (Å²) in [7, 11) is 2.07. The van der Waals surface area contributed by atoms with Crippen molar-refractivity contribution in [3.05, 3.63) is 0 Å². The highest BCUT2D eigenvalue weighted by molar-refractivity contribution is 5.75. The molecule has 1 N–H and O–H groups in total. The first-order valence-electron chi connectivity index (χ1n) is 7.52. The molecule has 1 saturated carbocycles. The van der Waals surface area contributed by atoms with E-state index in [2.05, 4.69) is 46.6 Å². The Labute approximate surface area is 118 Å². The number of carboxylic acids is 1. The van der Waals surface area contributed by atoms with Crippen molar-refractivity contribution < 1.29 is 9.90 Å². The molecular weight excluding hydrogens is 238 g/mol. The SMILES string of the molecule is CC1CCCC(CN(C)C(C)C(C)(C)C)(C(=O)O)C1. The Morgan fingerprint density at radius 3 is 2.47 bits per heavy atom. The maximum absolute atomic E-state index is 11.8. The molecule has 0 bridgehead atoms. The molecule has 3 heteroatoms. The van der Waals surface area contributed by atoms with Crippen LogP contribution < -0.4 is 0 Å². The molecule has 0 radical (unpaired) electrons. The lowest BCUT2D eigenvalue weighted by Crippen LogP contribution is -2.49. The van der Waals surface area contributed by atoms with Crippen molar-refractivity contribution in [2.45, 2.75) is 66.3 Å². The zero-order chi connectivity index (χ0) is 14.8. The molecule has 0 aromatic rings. The summed E-state index contributed by atoms with van der Waals surface area (Å²) in [6, 6.07) is 0.376. The molecule has 0 spiro atoms. The summed E-state index contributed by atoms with van der Waals surface area (Å²) in [4.78, 5) is 14.0. The predicted octanol–water partition coefficient (Wildman–Crippen LogP) is 3.63. The number of nitrogens with zero attached hydrogens (tertiary/aromatic N) is 1. The molecular formula is C16H31NO2. The van der Waals surface area contributed by atoms with E-state index in [1.165, 1.54) is 6.42 Å². The van der Waals surface area contributed by atoms with E-state index >= 15 is 0 Å². The summed E-state index contributed by atoms with van der Waals surface area (Å²) in [5, 5.41) is 9.71. The first-order valence-corrected chi connectivity index (χ1v) is 7.52. The van der Waals surface area contributed by atoms with Crippen LogP contribution in [0.15, 0.2) is 0 Å². The summed E-state index contributed by atoms with van der Waals surface area (Å²) in [5.74, 6) is -0.0739. The van der Waals surface area contributed by atoms with Crippen LogP contribution in [0, 0.1) is 16.7 Å². The second-order valence-electron chi connectivity index (χ2n) is 7.74. The Kier molecular flexibility index (Phi) is 5.05. The van der Waals surface area contributed by atoms with E-state index in [9.17, 15) is 9.90 Å². The van der Waals surface area contributed by atoms with E-state index in [0.29, 0.717) is 18.5 Å². The average Bonchev–Trinajstić information content (AvgIpc) is 2.26. The Hall–Kier alpha value is -0.570. The van der Waals surface area contributed by atoms with Crippen molar-refractivity contribution in [1.29, 1.82) is 0 Å². The summed E-state index contributed by atoms with van der Waals surface area (Å²) >= 11 is 0. The molecule has 0 aromatic heterocycles. The molecule has 0 aromatic carbocycles. The lowest BCUT2D eigenvalue weighted by molar-refractivity contribution is -0.154. The van der Waals surface area contributed by atoms with Crippen molar-refractivity contribution in [1.82, 2.24) is 4.90 Å². The fourth-order valence-electron chi connectivity index (χ4n) is 3.34. The van der Waals surface area contributed by atoms with E-state index in [4.69, 9.17) is 0 Å². The minimum Gasteiger partial charge on any atom is -0.481 e. The van der Waals surface area contributed by atoms with Crippen LogP contribution in [0.25, 0.3) is 0 Å². The van der Waals surface area contributed by atoms with Gasteiger partial charge in [0.2, 0.25) is 0 Å². The van der Waals surface area contributed by atoms with Gasteiger partial charge in [0.1, 0.15) is 0 Å². The van der Waals surface area contributed by atoms with Crippen LogP contribution in [0.2, 0.25) is 0 Å². The maximum Gasteiger partial charge on any atom is 0.310 e. The molecule has 0 heterocycles. The van der Waals surface area contributed by atoms with Crippen molar-refractivity contribution in [2.24, 2.45) is 16.7 Å². The Balaban J connectivity index is 2.82. The van der Waals surface area contributed by atoms with Gasteiger partial charge in [-0.3, -0.25) is 4.79 Å². The number of carbonyl (C=O) groups is 1. The first kappa shape index (κ1) is 16.5. The molecule has 1 rings (SSSR count). The standard InChI is InChI=1S/C16H31NO2/c1-12-8-7-9-16(10-12,14(18)19)11-17(6)13(2)15(3,4)5/h12-13H,7-11H2,1-6H3,(H,18,19). The van der Waals surface area contributed by atoms with Gasteiger partial charge in [0.25, 0.3) is 0 Å². The second kappa shape index (κ2) is 5.82. The predicted molar refractivity (Wildman–Crippen MR) is 79.2 cm³/mol. The lowest BCUT2D eigenvalue weighted by Gasteiger charge is -2.43. The zero-order valence-corrected chi connectivity index (χ0v) is 13.5. The van der Waals surface area contributed by atoms with Gasteiger partial charge in [-0.05, 0) is 38.1 Å². The van der Waals surface area contributed by atoms with E-state index in [0.717, 1.165) is 19.3 Å². The Bertz CT molecular complexity index is 321.